The fourth-order valence-corrected chi connectivity index (χ4v) is 4.55. The highest BCUT2D eigenvalue weighted by Gasteiger charge is 2.45. The third kappa shape index (κ3) is 2.34. The van der Waals surface area contributed by atoms with E-state index >= 15 is 0 Å². The van der Waals surface area contributed by atoms with Gasteiger partial charge in [-0.1, -0.05) is 26.2 Å². The first-order valence-corrected chi connectivity index (χ1v) is 8.22. The van der Waals surface area contributed by atoms with Gasteiger partial charge in [-0.3, -0.25) is 4.90 Å². The lowest BCUT2D eigenvalue weighted by Crippen LogP contribution is -2.55. The number of hydrogen-bond acceptors (Lipinski definition) is 2. The van der Waals surface area contributed by atoms with E-state index in [0.29, 0.717) is 5.54 Å². The van der Waals surface area contributed by atoms with Crippen molar-refractivity contribution in [3.8, 4) is 0 Å². The summed E-state index contributed by atoms with van der Waals surface area (Å²) in [5, 5.41) is 0. The summed E-state index contributed by atoms with van der Waals surface area (Å²) in [6, 6.07) is 0. The molecule has 3 fully saturated rings. The van der Waals surface area contributed by atoms with Gasteiger partial charge in [0.2, 0.25) is 0 Å². The van der Waals surface area contributed by atoms with Crippen LogP contribution in [-0.4, -0.2) is 30.1 Å². The Morgan fingerprint density at radius 3 is 2.61 bits per heavy atom. The van der Waals surface area contributed by atoms with Crippen LogP contribution in [0.4, 0.5) is 0 Å². The second-order valence-corrected chi connectivity index (χ2v) is 7.13. The third-order valence-corrected chi connectivity index (χ3v) is 6.06. The Bertz CT molecular complexity index is 287. The summed E-state index contributed by atoms with van der Waals surface area (Å²) < 4.78 is 0. The van der Waals surface area contributed by atoms with Gasteiger partial charge in [0.15, 0.2) is 0 Å². The van der Waals surface area contributed by atoms with Crippen LogP contribution in [0.25, 0.3) is 0 Å². The average molecular weight is 250 g/mol. The van der Waals surface area contributed by atoms with Crippen molar-refractivity contribution in [2.75, 3.05) is 19.6 Å². The molecule has 0 aromatic heterocycles. The molecule has 0 aromatic carbocycles. The normalized spacial score (nSPS) is 42.3. The minimum atomic E-state index is 0.384. The van der Waals surface area contributed by atoms with Crippen LogP contribution in [0, 0.1) is 17.8 Å². The van der Waals surface area contributed by atoms with Gasteiger partial charge in [-0.2, -0.15) is 0 Å². The highest BCUT2D eigenvalue weighted by Crippen LogP contribution is 2.48. The second-order valence-electron chi connectivity index (χ2n) is 7.13. The lowest BCUT2D eigenvalue weighted by atomic mass is 9.73. The molecule has 2 N–H and O–H groups in total. The molecule has 2 saturated carbocycles. The summed E-state index contributed by atoms with van der Waals surface area (Å²) in [4.78, 5) is 2.79. The van der Waals surface area contributed by atoms with Gasteiger partial charge in [-0.25, -0.2) is 0 Å². The van der Waals surface area contributed by atoms with Crippen LogP contribution in [0.1, 0.15) is 58.3 Å². The zero-order valence-corrected chi connectivity index (χ0v) is 12.0. The zero-order chi connectivity index (χ0) is 12.6. The van der Waals surface area contributed by atoms with Crippen LogP contribution < -0.4 is 5.73 Å². The minimum Gasteiger partial charge on any atom is -0.329 e. The summed E-state index contributed by atoms with van der Waals surface area (Å²) in [7, 11) is 0. The molecule has 0 bridgehead atoms. The van der Waals surface area contributed by atoms with Crippen molar-refractivity contribution in [3.05, 3.63) is 0 Å². The molecule has 104 valence electrons. The van der Waals surface area contributed by atoms with Crippen LogP contribution in [0.3, 0.4) is 0 Å². The molecule has 2 nitrogen and oxygen atoms in total. The van der Waals surface area contributed by atoms with Crippen LogP contribution in [0.2, 0.25) is 0 Å². The largest absolute Gasteiger partial charge is 0.329 e. The number of nitrogens with two attached hydrogens (primary N) is 1. The van der Waals surface area contributed by atoms with Crippen molar-refractivity contribution in [2.24, 2.45) is 23.5 Å². The predicted octanol–water partition coefficient (Wildman–Crippen LogP) is 3.02. The van der Waals surface area contributed by atoms with Crippen molar-refractivity contribution < 1.29 is 0 Å². The van der Waals surface area contributed by atoms with Gasteiger partial charge < -0.3 is 5.73 Å². The topological polar surface area (TPSA) is 29.3 Å². The smallest absolute Gasteiger partial charge is 0.0334 e. The zero-order valence-electron chi connectivity index (χ0n) is 12.0. The highest BCUT2D eigenvalue weighted by molar-refractivity contribution is 5.01. The third-order valence-electron chi connectivity index (χ3n) is 6.06. The van der Waals surface area contributed by atoms with Crippen LogP contribution in [-0.2, 0) is 0 Å². The van der Waals surface area contributed by atoms with E-state index in [1.165, 1.54) is 64.5 Å². The average Bonchev–Trinajstić information content (AvgIpc) is 3.16. The standard InChI is InChI=1S/C16H30N2/c1-2-13-7-9-18(11-13)16(12-17)8-3-4-15(10-16)14-5-6-14/h13-15H,2-12,17H2,1H3. The second kappa shape index (κ2) is 5.13. The van der Waals surface area contributed by atoms with Gasteiger partial charge in [0, 0.05) is 18.6 Å². The Hall–Kier alpha value is -0.0800. The maximum atomic E-state index is 6.25. The van der Waals surface area contributed by atoms with Gasteiger partial charge in [0.25, 0.3) is 0 Å². The molecule has 2 heteroatoms. The highest BCUT2D eigenvalue weighted by atomic mass is 15.2. The van der Waals surface area contributed by atoms with Crippen molar-refractivity contribution in [1.29, 1.82) is 0 Å². The maximum Gasteiger partial charge on any atom is 0.0334 e. The molecular formula is C16H30N2. The van der Waals surface area contributed by atoms with Crippen LogP contribution in [0.15, 0.2) is 0 Å². The van der Waals surface area contributed by atoms with E-state index in [1.807, 2.05) is 0 Å². The molecule has 1 heterocycles. The fourth-order valence-electron chi connectivity index (χ4n) is 4.55. The van der Waals surface area contributed by atoms with Gasteiger partial charge in [-0.15, -0.1) is 0 Å². The summed E-state index contributed by atoms with van der Waals surface area (Å²) in [5.74, 6) is 3.01. The number of hydrogen-bond donors (Lipinski definition) is 1. The van der Waals surface area contributed by atoms with Crippen molar-refractivity contribution >= 4 is 0 Å². The first kappa shape index (κ1) is 12.9. The van der Waals surface area contributed by atoms with E-state index in [-0.39, 0.29) is 0 Å². The summed E-state index contributed by atoms with van der Waals surface area (Å²) in [5.41, 5.74) is 6.63. The molecule has 1 saturated heterocycles. The van der Waals surface area contributed by atoms with Gasteiger partial charge >= 0.3 is 0 Å². The molecule has 18 heavy (non-hydrogen) atoms. The molecule has 3 atom stereocenters. The van der Waals surface area contributed by atoms with Crippen molar-refractivity contribution in [1.82, 2.24) is 4.90 Å². The first-order valence-electron chi connectivity index (χ1n) is 8.22. The molecule has 3 unspecified atom stereocenters. The molecule has 0 radical (unpaired) electrons. The predicted molar refractivity (Wildman–Crippen MR) is 76.4 cm³/mol. The van der Waals surface area contributed by atoms with E-state index < -0.39 is 0 Å². The summed E-state index contributed by atoms with van der Waals surface area (Å²) in [6.07, 6.45) is 11.4. The van der Waals surface area contributed by atoms with E-state index in [9.17, 15) is 0 Å². The van der Waals surface area contributed by atoms with E-state index in [4.69, 9.17) is 5.73 Å². The molecule has 0 spiro atoms. The first-order chi connectivity index (χ1) is 8.77. The SMILES string of the molecule is CCC1CCN(C2(CN)CCCC(C3CC3)C2)C1. The molecule has 3 rings (SSSR count). The Labute approximate surface area is 112 Å². The van der Waals surface area contributed by atoms with E-state index in [0.717, 1.165) is 24.3 Å². The number of rotatable bonds is 4. The fraction of sp³-hybridized carbons (Fsp3) is 1.00. The lowest BCUT2D eigenvalue weighted by molar-refractivity contribution is 0.0468. The number of nitrogens with zero attached hydrogens (tertiary/aromatic N) is 1. The molecule has 3 aliphatic rings. The quantitative estimate of drug-likeness (QED) is 0.831. The van der Waals surface area contributed by atoms with Crippen molar-refractivity contribution in [3.63, 3.8) is 0 Å². The van der Waals surface area contributed by atoms with E-state index in [2.05, 4.69) is 11.8 Å². The summed E-state index contributed by atoms with van der Waals surface area (Å²) >= 11 is 0. The van der Waals surface area contributed by atoms with Gasteiger partial charge in [0.1, 0.15) is 0 Å². The monoisotopic (exact) mass is 250 g/mol. The molecule has 1 aliphatic heterocycles. The number of likely N-dealkylation sites (tertiary alicyclic amines) is 1. The molecule has 2 aliphatic carbocycles. The van der Waals surface area contributed by atoms with Gasteiger partial charge in [0.05, 0.1) is 0 Å². The van der Waals surface area contributed by atoms with Gasteiger partial charge in [-0.05, 0) is 56.4 Å². The van der Waals surface area contributed by atoms with E-state index in [1.54, 1.807) is 0 Å². The molecular weight excluding hydrogens is 220 g/mol. The Morgan fingerprint density at radius 2 is 2.00 bits per heavy atom. The Morgan fingerprint density at radius 1 is 1.17 bits per heavy atom. The van der Waals surface area contributed by atoms with Crippen LogP contribution >= 0.6 is 0 Å². The molecule has 0 aromatic rings. The Kier molecular flexibility index (Phi) is 3.68. The summed E-state index contributed by atoms with van der Waals surface area (Å²) in [6.45, 7) is 5.88. The van der Waals surface area contributed by atoms with Crippen LogP contribution in [0.5, 0.6) is 0 Å². The minimum absolute atomic E-state index is 0.384. The maximum absolute atomic E-state index is 6.25. The Balaban J connectivity index is 1.68. The molecule has 0 amide bonds. The van der Waals surface area contributed by atoms with Crippen molar-refractivity contribution in [2.45, 2.75) is 63.8 Å². The lowest BCUT2D eigenvalue weighted by Gasteiger charge is -2.47.